The summed E-state index contributed by atoms with van der Waals surface area (Å²) in [6.07, 6.45) is 0.625. The van der Waals surface area contributed by atoms with Gasteiger partial charge >= 0.3 is 12.0 Å². The van der Waals surface area contributed by atoms with E-state index in [4.69, 9.17) is 0 Å². The second kappa shape index (κ2) is 5.40. The highest BCUT2D eigenvalue weighted by atomic mass is 16.6. The first kappa shape index (κ1) is 11.7. The Hall–Kier alpha value is -1.26. The van der Waals surface area contributed by atoms with Crippen LogP contribution in [0, 0.1) is 0 Å². The second-order valence-corrected chi connectivity index (χ2v) is 3.04. The SMILES string of the molecule is CN(C)C(=O)N(C)C.O=C1CCO1. The number of urea groups is 1. The molecule has 1 fully saturated rings. The van der Waals surface area contributed by atoms with Crippen LogP contribution < -0.4 is 0 Å². The number of hydrogen-bond donors (Lipinski definition) is 0. The fourth-order valence-corrected chi connectivity index (χ4v) is 0.585. The number of esters is 1. The molecule has 0 spiro atoms. The molecule has 5 heteroatoms. The Morgan fingerprint density at radius 3 is 1.54 bits per heavy atom. The molecule has 1 saturated heterocycles. The van der Waals surface area contributed by atoms with E-state index in [0.717, 1.165) is 0 Å². The number of hydrogen-bond acceptors (Lipinski definition) is 3. The van der Waals surface area contributed by atoms with E-state index < -0.39 is 0 Å². The van der Waals surface area contributed by atoms with Crippen LogP contribution in [0.1, 0.15) is 6.42 Å². The van der Waals surface area contributed by atoms with Gasteiger partial charge in [0.1, 0.15) is 6.61 Å². The van der Waals surface area contributed by atoms with Gasteiger partial charge in [0, 0.05) is 28.2 Å². The normalized spacial score (nSPS) is 13.1. The van der Waals surface area contributed by atoms with Crippen LogP contribution in [-0.2, 0) is 9.53 Å². The summed E-state index contributed by atoms with van der Waals surface area (Å²) >= 11 is 0. The summed E-state index contributed by atoms with van der Waals surface area (Å²) < 4.78 is 4.29. The van der Waals surface area contributed by atoms with Crippen LogP contribution >= 0.6 is 0 Å². The molecule has 0 radical (unpaired) electrons. The van der Waals surface area contributed by atoms with Crippen molar-refractivity contribution in [2.75, 3.05) is 34.8 Å². The average molecular weight is 188 g/mol. The summed E-state index contributed by atoms with van der Waals surface area (Å²) in [6.45, 7) is 0.638. The third kappa shape index (κ3) is 5.05. The first-order valence-electron chi connectivity index (χ1n) is 3.99. The van der Waals surface area contributed by atoms with Gasteiger partial charge in [0.15, 0.2) is 0 Å². The van der Waals surface area contributed by atoms with E-state index in [9.17, 15) is 9.59 Å². The summed E-state index contributed by atoms with van der Waals surface area (Å²) in [4.78, 5) is 23.4. The lowest BCUT2D eigenvalue weighted by molar-refractivity contribution is -0.157. The first-order valence-corrected chi connectivity index (χ1v) is 3.99. The van der Waals surface area contributed by atoms with Crippen LogP contribution in [0.4, 0.5) is 4.79 Å². The maximum atomic E-state index is 10.7. The lowest BCUT2D eigenvalue weighted by atomic mass is 10.4. The average Bonchev–Trinajstić information content (AvgIpc) is 2.00. The third-order valence-electron chi connectivity index (χ3n) is 1.33. The Balaban J connectivity index is 0.000000243. The molecule has 1 aliphatic heterocycles. The molecule has 0 atom stereocenters. The molecule has 0 bridgehead atoms. The van der Waals surface area contributed by atoms with E-state index in [-0.39, 0.29) is 12.0 Å². The predicted octanol–water partition coefficient (Wildman–Crippen LogP) is 0.163. The summed E-state index contributed by atoms with van der Waals surface area (Å²) in [5.41, 5.74) is 0. The minimum absolute atomic E-state index is 0.0185. The number of rotatable bonds is 0. The van der Waals surface area contributed by atoms with Crippen LogP contribution in [0.15, 0.2) is 0 Å². The number of nitrogens with zero attached hydrogens (tertiary/aromatic N) is 2. The Labute approximate surface area is 78.3 Å². The van der Waals surface area contributed by atoms with E-state index in [0.29, 0.717) is 13.0 Å². The second-order valence-electron chi connectivity index (χ2n) is 3.04. The van der Waals surface area contributed by atoms with Crippen LogP contribution in [-0.4, -0.2) is 56.6 Å². The summed E-state index contributed by atoms with van der Waals surface area (Å²) in [6, 6.07) is 0.0185. The van der Waals surface area contributed by atoms with Gasteiger partial charge in [-0.05, 0) is 0 Å². The van der Waals surface area contributed by atoms with Crippen molar-refractivity contribution in [1.82, 2.24) is 9.80 Å². The fraction of sp³-hybridized carbons (Fsp3) is 0.750. The maximum absolute atomic E-state index is 10.7. The van der Waals surface area contributed by atoms with Crippen molar-refractivity contribution in [1.29, 1.82) is 0 Å². The highest BCUT2D eigenvalue weighted by Crippen LogP contribution is 1.97. The zero-order valence-corrected chi connectivity index (χ0v) is 8.53. The van der Waals surface area contributed by atoms with Gasteiger partial charge < -0.3 is 14.5 Å². The van der Waals surface area contributed by atoms with Crippen molar-refractivity contribution in [2.24, 2.45) is 0 Å². The molecule has 0 N–H and O–H groups in total. The van der Waals surface area contributed by atoms with Crippen molar-refractivity contribution in [3.63, 3.8) is 0 Å². The van der Waals surface area contributed by atoms with Crippen LogP contribution in [0.5, 0.6) is 0 Å². The van der Waals surface area contributed by atoms with Gasteiger partial charge in [0.25, 0.3) is 0 Å². The lowest BCUT2D eigenvalue weighted by Crippen LogP contribution is -2.33. The van der Waals surface area contributed by atoms with E-state index in [1.165, 1.54) is 9.80 Å². The van der Waals surface area contributed by atoms with Crippen LogP contribution in [0.3, 0.4) is 0 Å². The third-order valence-corrected chi connectivity index (χ3v) is 1.33. The molecule has 2 amide bonds. The summed E-state index contributed by atoms with van der Waals surface area (Å²) in [5.74, 6) is -0.0648. The monoisotopic (exact) mass is 188 g/mol. The Bertz CT molecular complexity index is 174. The largest absolute Gasteiger partial charge is 0.465 e. The van der Waals surface area contributed by atoms with Crippen molar-refractivity contribution >= 4 is 12.0 Å². The number of ether oxygens (including phenoxy) is 1. The zero-order chi connectivity index (χ0) is 10.4. The molecule has 13 heavy (non-hydrogen) atoms. The van der Waals surface area contributed by atoms with Gasteiger partial charge in [-0.1, -0.05) is 0 Å². The van der Waals surface area contributed by atoms with Gasteiger partial charge in [-0.15, -0.1) is 0 Å². The standard InChI is InChI=1S/C5H12N2O.C3H4O2/c1-6(2)5(8)7(3)4;4-3-1-2-5-3/h1-4H3;1-2H2. The van der Waals surface area contributed by atoms with Crippen molar-refractivity contribution in [2.45, 2.75) is 6.42 Å². The van der Waals surface area contributed by atoms with Gasteiger partial charge in [-0.25, -0.2) is 4.79 Å². The first-order chi connectivity index (χ1) is 5.95. The van der Waals surface area contributed by atoms with E-state index >= 15 is 0 Å². The van der Waals surface area contributed by atoms with Crippen molar-refractivity contribution < 1.29 is 14.3 Å². The molecule has 1 rings (SSSR count). The van der Waals surface area contributed by atoms with Gasteiger partial charge in [-0.2, -0.15) is 0 Å². The highest BCUT2D eigenvalue weighted by Gasteiger charge is 2.10. The number of carbonyl (C=O) groups excluding carboxylic acids is 2. The smallest absolute Gasteiger partial charge is 0.318 e. The summed E-state index contributed by atoms with van der Waals surface area (Å²) in [7, 11) is 6.90. The molecule has 1 heterocycles. The fourth-order valence-electron chi connectivity index (χ4n) is 0.585. The van der Waals surface area contributed by atoms with Crippen molar-refractivity contribution in [3.8, 4) is 0 Å². The zero-order valence-electron chi connectivity index (χ0n) is 8.53. The quantitative estimate of drug-likeness (QED) is 0.509. The molecule has 1 aliphatic rings. The van der Waals surface area contributed by atoms with Gasteiger partial charge in [0.2, 0.25) is 0 Å². The Morgan fingerprint density at radius 1 is 1.23 bits per heavy atom. The topological polar surface area (TPSA) is 49.9 Å². The number of amides is 2. The molecular weight excluding hydrogens is 172 g/mol. The number of cyclic esters (lactones) is 1. The molecule has 0 unspecified atom stereocenters. The molecule has 0 saturated carbocycles. The maximum Gasteiger partial charge on any atom is 0.318 e. The van der Waals surface area contributed by atoms with Crippen LogP contribution in [0.2, 0.25) is 0 Å². The molecular formula is C8H16N2O3. The van der Waals surface area contributed by atoms with Gasteiger partial charge in [0.05, 0.1) is 6.42 Å². The highest BCUT2D eigenvalue weighted by molar-refractivity contribution is 5.73. The van der Waals surface area contributed by atoms with Gasteiger partial charge in [-0.3, -0.25) is 4.79 Å². The molecule has 0 aromatic heterocycles. The minimum Gasteiger partial charge on any atom is -0.465 e. The molecule has 76 valence electrons. The molecule has 5 nitrogen and oxygen atoms in total. The number of carbonyl (C=O) groups is 2. The Kier molecular flexibility index (Phi) is 4.87. The molecule has 0 aromatic rings. The minimum atomic E-state index is -0.0648. The van der Waals surface area contributed by atoms with Crippen molar-refractivity contribution in [3.05, 3.63) is 0 Å². The Morgan fingerprint density at radius 2 is 1.54 bits per heavy atom. The van der Waals surface area contributed by atoms with E-state index in [2.05, 4.69) is 4.74 Å². The predicted molar refractivity (Wildman–Crippen MR) is 48.3 cm³/mol. The molecule has 0 aliphatic carbocycles. The molecule has 0 aromatic carbocycles. The summed E-state index contributed by atoms with van der Waals surface area (Å²) in [5, 5.41) is 0. The van der Waals surface area contributed by atoms with E-state index in [1.807, 2.05) is 0 Å². The lowest BCUT2D eigenvalue weighted by Gasteiger charge is -2.16. The van der Waals surface area contributed by atoms with E-state index in [1.54, 1.807) is 28.2 Å². The van der Waals surface area contributed by atoms with Crippen LogP contribution in [0.25, 0.3) is 0 Å².